The smallest absolute Gasteiger partial charge is 0.320 e. The molecule has 0 spiro atoms. The van der Waals surface area contributed by atoms with Gasteiger partial charge in [-0.3, -0.25) is 14.3 Å². The van der Waals surface area contributed by atoms with Crippen LogP contribution in [0.1, 0.15) is 41.3 Å². The average molecular weight is 435 g/mol. The third-order valence-corrected chi connectivity index (χ3v) is 5.65. The number of rotatable bonds is 9. The summed E-state index contributed by atoms with van der Waals surface area (Å²) in [6.07, 6.45) is 4.05. The molecule has 168 valence electrons. The van der Waals surface area contributed by atoms with Crippen molar-refractivity contribution >= 4 is 11.9 Å². The van der Waals surface area contributed by atoms with E-state index in [1.54, 1.807) is 28.9 Å². The predicted octanol–water partition coefficient (Wildman–Crippen LogP) is 3.21. The van der Waals surface area contributed by atoms with Crippen LogP contribution in [0.25, 0.3) is 11.1 Å². The van der Waals surface area contributed by atoms with E-state index in [9.17, 15) is 9.59 Å². The van der Waals surface area contributed by atoms with Gasteiger partial charge in [0.25, 0.3) is 5.91 Å². The Morgan fingerprint density at radius 1 is 1.06 bits per heavy atom. The van der Waals surface area contributed by atoms with E-state index < -0.39 is 12.0 Å². The first-order chi connectivity index (χ1) is 15.2. The molecule has 0 aliphatic carbocycles. The molecule has 7 nitrogen and oxygen atoms in total. The first-order valence-electron chi connectivity index (χ1n) is 10.7. The van der Waals surface area contributed by atoms with Crippen molar-refractivity contribution in [2.75, 3.05) is 6.54 Å². The molecule has 3 rings (SSSR count). The fraction of sp³-hybridized carbons (Fsp3) is 0.320. The fourth-order valence-corrected chi connectivity index (χ4v) is 3.67. The Balaban J connectivity index is 1.63. The lowest BCUT2D eigenvalue weighted by Gasteiger charge is -2.22. The number of hydrogen-bond acceptors (Lipinski definition) is 4. The summed E-state index contributed by atoms with van der Waals surface area (Å²) in [5, 5.41) is 16.2. The zero-order chi connectivity index (χ0) is 23.3. The van der Waals surface area contributed by atoms with Gasteiger partial charge in [-0.1, -0.05) is 50.2 Å². The molecule has 1 amide bonds. The lowest BCUT2D eigenvalue weighted by atomic mass is 9.87. The molecule has 1 heterocycles. The summed E-state index contributed by atoms with van der Waals surface area (Å²) in [5.74, 6) is -0.675. The SMILES string of the molecule is CC(C)[C@@H](CNC(=O)c1ccc(C[C@H](N)C(=O)O)cc1)c1ccc(-c2cnn(C)c2)cc1. The second-order valence-corrected chi connectivity index (χ2v) is 8.43. The summed E-state index contributed by atoms with van der Waals surface area (Å²) in [5.41, 5.74) is 10.2. The van der Waals surface area contributed by atoms with Gasteiger partial charge in [0.15, 0.2) is 0 Å². The second kappa shape index (κ2) is 10.2. The molecular formula is C25H30N4O3. The van der Waals surface area contributed by atoms with Crippen molar-refractivity contribution in [1.82, 2.24) is 15.1 Å². The van der Waals surface area contributed by atoms with E-state index in [1.165, 1.54) is 5.56 Å². The van der Waals surface area contributed by atoms with Crippen LogP contribution in [0, 0.1) is 5.92 Å². The molecule has 3 aromatic rings. The molecule has 2 aromatic carbocycles. The zero-order valence-electron chi connectivity index (χ0n) is 18.7. The lowest BCUT2D eigenvalue weighted by Crippen LogP contribution is -2.32. The van der Waals surface area contributed by atoms with Crippen molar-refractivity contribution in [3.8, 4) is 11.1 Å². The highest BCUT2D eigenvalue weighted by atomic mass is 16.4. The van der Waals surface area contributed by atoms with Crippen LogP contribution in [0.5, 0.6) is 0 Å². The van der Waals surface area contributed by atoms with E-state index in [0.29, 0.717) is 18.0 Å². The maximum absolute atomic E-state index is 12.6. The van der Waals surface area contributed by atoms with Gasteiger partial charge in [-0.2, -0.15) is 5.10 Å². The minimum Gasteiger partial charge on any atom is -0.480 e. The highest BCUT2D eigenvalue weighted by Crippen LogP contribution is 2.27. The number of hydrogen-bond donors (Lipinski definition) is 3. The van der Waals surface area contributed by atoms with Crippen molar-refractivity contribution in [2.24, 2.45) is 18.7 Å². The van der Waals surface area contributed by atoms with Gasteiger partial charge in [0.2, 0.25) is 0 Å². The molecule has 0 saturated heterocycles. The number of carboxylic acid groups (broad SMARTS) is 1. The Morgan fingerprint density at radius 3 is 2.25 bits per heavy atom. The summed E-state index contributed by atoms with van der Waals surface area (Å²) < 4.78 is 1.78. The summed E-state index contributed by atoms with van der Waals surface area (Å²) in [4.78, 5) is 23.5. The Morgan fingerprint density at radius 2 is 1.72 bits per heavy atom. The first kappa shape index (κ1) is 23.2. The highest BCUT2D eigenvalue weighted by molar-refractivity contribution is 5.94. The van der Waals surface area contributed by atoms with E-state index in [4.69, 9.17) is 10.8 Å². The van der Waals surface area contributed by atoms with Crippen LogP contribution in [0.2, 0.25) is 0 Å². The van der Waals surface area contributed by atoms with E-state index in [0.717, 1.165) is 16.7 Å². The van der Waals surface area contributed by atoms with Crippen molar-refractivity contribution in [2.45, 2.75) is 32.2 Å². The Hall–Kier alpha value is -3.45. The molecule has 0 fully saturated rings. The monoisotopic (exact) mass is 434 g/mol. The van der Waals surface area contributed by atoms with E-state index in [-0.39, 0.29) is 18.2 Å². The van der Waals surface area contributed by atoms with Crippen LogP contribution in [-0.4, -0.2) is 39.4 Å². The number of carbonyl (C=O) groups excluding carboxylic acids is 1. The number of amides is 1. The number of aromatic nitrogens is 2. The summed E-state index contributed by atoms with van der Waals surface area (Å²) in [6.45, 7) is 4.81. The van der Waals surface area contributed by atoms with Gasteiger partial charge in [-0.05, 0) is 41.2 Å². The highest BCUT2D eigenvalue weighted by Gasteiger charge is 2.18. The van der Waals surface area contributed by atoms with Crippen LogP contribution in [0.4, 0.5) is 0 Å². The van der Waals surface area contributed by atoms with Crippen molar-refractivity contribution in [1.29, 1.82) is 0 Å². The number of aliphatic carboxylic acids is 1. The first-order valence-corrected chi connectivity index (χ1v) is 10.7. The largest absolute Gasteiger partial charge is 0.480 e. The fourth-order valence-electron chi connectivity index (χ4n) is 3.67. The molecule has 0 saturated carbocycles. The molecule has 0 aliphatic heterocycles. The Labute approximate surface area is 188 Å². The maximum Gasteiger partial charge on any atom is 0.320 e. The molecule has 0 bridgehead atoms. The van der Waals surface area contributed by atoms with Crippen LogP contribution >= 0.6 is 0 Å². The van der Waals surface area contributed by atoms with Crippen LogP contribution in [0.3, 0.4) is 0 Å². The molecule has 0 aliphatic rings. The summed E-state index contributed by atoms with van der Waals surface area (Å²) >= 11 is 0. The lowest BCUT2D eigenvalue weighted by molar-refractivity contribution is -0.138. The molecular weight excluding hydrogens is 404 g/mol. The van der Waals surface area contributed by atoms with Crippen molar-refractivity contribution < 1.29 is 14.7 Å². The van der Waals surface area contributed by atoms with E-state index in [1.807, 2.05) is 19.4 Å². The normalized spacial score (nSPS) is 13.0. The number of carboxylic acids is 1. The number of aryl methyl sites for hydroxylation is 1. The third-order valence-electron chi connectivity index (χ3n) is 5.65. The maximum atomic E-state index is 12.6. The second-order valence-electron chi connectivity index (χ2n) is 8.43. The molecule has 32 heavy (non-hydrogen) atoms. The molecule has 4 N–H and O–H groups in total. The topological polar surface area (TPSA) is 110 Å². The van der Waals surface area contributed by atoms with Gasteiger partial charge in [0, 0.05) is 36.8 Å². The van der Waals surface area contributed by atoms with Crippen LogP contribution in [-0.2, 0) is 18.3 Å². The van der Waals surface area contributed by atoms with Gasteiger partial charge in [-0.15, -0.1) is 0 Å². The molecule has 1 aromatic heterocycles. The minimum absolute atomic E-state index is 0.156. The quantitative estimate of drug-likeness (QED) is 0.479. The molecule has 0 unspecified atom stereocenters. The van der Waals surface area contributed by atoms with Gasteiger partial charge in [0.05, 0.1) is 6.20 Å². The summed E-state index contributed by atoms with van der Waals surface area (Å²) in [6, 6.07) is 14.3. The zero-order valence-corrected chi connectivity index (χ0v) is 18.7. The predicted molar refractivity (Wildman–Crippen MR) is 124 cm³/mol. The van der Waals surface area contributed by atoms with Crippen molar-refractivity contribution in [3.63, 3.8) is 0 Å². The molecule has 2 atom stereocenters. The number of carbonyl (C=O) groups is 2. The number of nitrogens with one attached hydrogen (secondary N) is 1. The number of benzene rings is 2. The van der Waals surface area contributed by atoms with Crippen LogP contribution in [0.15, 0.2) is 60.9 Å². The third kappa shape index (κ3) is 5.82. The van der Waals surface area contributed by atoms with Crippen molar-refractivity contribution in [3.05, 3.63) is 77.6 Å². The van der Waals surface area contributed by atoms with Crippen LogP contribution < -0.4 is 11.1 Å². The Kier molecular flexibility index (Phi) is 7.43. The summed E-state index contributed by atoms with van der Waals surface area (Å²) in [7, 11) is 1.90. The standard InChI is InChI=1S/C25H30N4O3/c1-16(2)22(19-10-8-18(9-11-19)21-13-28-29(3)15-21)14-27-24(30)20-6-4-17(5-7-20)12-23(26)25(31)32/h4-11,13,15-16,22-23H,12,14,26H2,1-3H3,(H,27,30)(H,31,32)/t22-,23+/m1/s1. The number of nitrogens with two attached hydrogens (primary N) is 1. The van der Waals surface area contributed by atoms with Gasteiger partial charge < -0.3 is 16.2 Å². The Bertz CT molecular complexity index is 1060. The molecule has 0 radical (unpaired) electrons. The number of nitrogens with zero attached hydrogens (tertiary/aromatic N) is 2. The minimum atomic E-state index is -1.04. The van der Waals surface area contributed by atoms with Gasteiger partial charge in [0.1, 0.15) is 6.04 Å². The van der Waals surface area contributed by atoms with Gasteiger partial charge >= 0.3 is 5.97 Å². The average Bonchev–Trinajstić information content (AvgIpc) is 3.20. The van der Waals surface area contributed by atoms with Gasteiger partial charge in [-0.25, -0.2) is 0 Å². The van der Waals surface area contributed by atoms with E-state index in [2.05, 4.69) is 48.5 Å². The van der Waals surface area contributed by atoms with E-state index >= 15 is 0 Å². The molecule has 7 heteroatoms.